The van der Waals surface area contributed by atoms with Crippen molar-refractivity contribution >= 4 is 23.4 Å². The lowest BCUT2D eigenvalue weighted by atomic mass is 9.88. The number of H-pyrrole nitrogens is 1. The van der Waals surface area contributed by atoms with Crippen molar-refractivity contribution in [2.75, 3.05) is 19.6 Å². The van der Waals surface area contributed by atoms with E-state index in [4.69, 9.17) is 16.3 Å². The van der Waals surface area contributed by atoms with Crippen LogP contribution in [0.2, 0.25) is 5.28 Å². The third-order valence-electron chi connectivity index (χ3n) is 6.62. The zero-order chi connectivity index (χ0) is 25.1. The van der Waals surface area contributed by atoms with Crippen LogP contribution in [0.4, 0.5) is 13.2 Å². The van der Waals surface area contributed by atoms with Crippen molar-refractivity contribution in [3.63, 3.8) is 0 Å². The monoisotopic (exact) mass is 518 g/mol. The molecular formula is C23H18ClF3N6O3. The van der Waals surface area contributed by atoms with Gasteiger partial charge in [0.2, 0.25) is 11.2 Å². The van der Waals surface area contributed by atoms with Crippen LogP contribution >= 0.6 is 11.6 Å². The average Bonchev–Trinajstić information content (AvgIpc) is 3.22. The van der Waals surface area contributed by atoms with Crippen LogP contribution in [0.25, 0.3) is 11.3 Å². The van der Waals surface area contributed by atoms with Crippen LogP contribution in [0, 0.1) is 5.82 Å². The van der Waals surface area contributed by atoms with Crippen LogP contribution in [0.15, 0.2) is 6.20 Å². The fourth-order valence-corrected chi connectivity index (χ4v) is 5.24. The Morgan fingerprint density at radius 2 is 1.92 bits per heavy atom. The molecule has 0 unspecified atom stereocenters. The molecule has 3 aromatic heterocycles. The Morgan fingerprint density at radius 3 is 2.72 bits per heavy atom. The van der Waals surface area contributed by atoms with Crippen LogP contribution < -0.4 is 10.1 Å². The van der Waals surface area contributed by atoms with Crippen molar-refractivity contribution in [2.24, 2.45) is 0 Å². The molecule has 13 heteroatoms. The van der Waals surface area contributed by atoms with Gasteiger partial charge in [-0.2, -0.15) is 4.98 Å². The molecule has 2 amide bonds. The molecule has 0 bridgehead atoms. The predicted octanol–water partition coefficient (Wildman–Crippen LogP) is 3.10. The molecule has 0 aromatic carbocycles. The van der Waals surface area contributed by atoms with Gasteiger partial charge in [0.1, 0.15) is 5.56 Å². The van der Waals surface area contributed by atoms with Crippen LogP contribution in [0.5, 0.6) is 11.8 Å². The number of aryl methyl sites for hydroxylation is 1. The molecule has 0 radical (unpaired) electrons. The number of hydrogen-bond donors (Lipinski definition) is 2. The fourth-order valence-electron chi connectivity index (χ4n) is 5.06. The number of carbonyl (C=O) groups is 2. The third-order valence-corrected chi connectivity index (χ3v) is 6.79. The molecule has 1 aliphatic carbocycles. The molecule has 0 atom stereocenters. The number of halogens is 4. The van der Waals surface area contributed by atoms with Crippen molar-refractivity contribution < 1.29 is 27.5 Å². The van der Waals surface area contributed by atoms with Gasteiger partial charge >= 0.3 is 0 Å². The summed E-state index contributed by atoms with van der Waals surface area (Å²) in [4.78, 5) is 41.6. The summed E-state index contributed by atoms with van der Waals surface area (Å²) in [7, 11) is 0. The Balaban J connectivity index is 1.42. The smallest absolute Gasteiger partial charge is 0.261 e. The number of aromatic nitrogens is 4. The lowest BCUT2D eigenvalue weighted by Gasteiger charge is -2.28. The van der Waals surface area contributed by atoms with Gasteiger partial charge in [0.15, 0.2) is 5.82 Å². The van der Waals surface area contributed by atoms with Crippen LogP contribution in [-0.2, 0) is 25.7 Å². The van der Waals surface area contributed by atoms with Crippen molar-refractivity contribution in [1.82, 2.24) is 30.2 Å². The first-order chi connectivity index (χ1) is 17.3. The second kappa shape index (κ2) is 8.47. The SMILES string of the molecule is O=C1NCCc2[nH]c3c(c21)CCc1cnc(Oc2nc(Cl)nc4c2C(=O)N(CC(F)F)CC4)c(F)c1-3. The van der Waals surface area contributed by atoms with Gasteiger partial charge in [-0.25, -0.2) is 23.1 Å². The van der Waals surface area contributed by atoms with E-state index in [1.807, 2.05) is 0 Å². The molecule has 2 aliphatic heterocycles. The van der Waals surface area contributed by atoms with Crippen LogP contribution in [-0.4, -0.2) is 62.7 Å². The summed E-state index contributed by atoms with van der Waals surface area (Å²) in [5.41, 5.74) is 3.44. The molecule has 5 heterocycles. The zero-order valence-corrected chi connectivity index (χ0v) is 19.4. The van der Waals surface area contributed by atoms with E-state index in [0.717, 1.165) is 16.2 Å². The number of aromatic amines is 1. The van der Waals surface area contributed by atoms with Gasteiger partial charge in [0, 0.05) is 43.4 Å². The quantitative estimate of drug-likeness (QED) is 0.513. The second-order valence-corrected chi connectivity index (χ2v) is 9.07. The Kier molecular flexibility index (Phi) is 5.36. The number of nitrogens with zero attached hydrogens (tertiary/aromatic N) is 4. The number of alkyl halides is 2. The third kappa shape index (κ3) is 3.58. The molecule has 36 heavy (non-hydrogen) atoms. The summed E-state index contributed by atoms with van der Waals surface area (Å²) in [6.45, 7) is -0.247. The number of ether oxygens (including phenoxy) is 1. The highest BCUT2D eigenvalue weighted by Crippen LogP contribution is 2.41. The van der Waals surface area contributed by atoms with Crippen molar-refractivity contribution in [2.45, 2.75) is 32.1 Å². The van der Waals surface area contributed by atoms with Crippen molar-refractivity contribution in [3.8, 4) is 23.0 Å². The molecule has 186 valence electrons. The number of pyridine rings is 1. The lowest BCUT2D eigenvalue weighted by Crippen LogP contribution is -2.41. The standard InChI is InChI=1S/C23H18ClF3N6O3/c24-23-31-12-4-6-33(8-13(25)26)22(35)16(12)20(32-23)36-21-17(27)14-9(7-29-21)1-2-10-15-11(30-18(10)14)3-5-28-19(15)34/h7,13,30H,1-6,8H2,(H,28,34). The van der Waals surface area contributed by atoms with E-state index in [1.54, 1.807) is 0 Å². The number of amides is 2. The molecule has 3 aliphatic rings. The van der Waals surface area contributed by atoms with Gasteiger partial charge in [-0.15, -0.1) is 0 Å². The topological polar surface area (TPSA) is 113 Å². The van der Waals surface area contributed by atoms with Crippen LogP contribution in [0.1, 0.15) is 43.2 Å². The van der Waals surface area contributed by atoms with Gasteiger partial charge < -0.3 is 19.9 Å². The van der Waals surface area contributed by atoms with Gasteiger partial charge in [-0.3, -0.25) is 9.59 Å². The minimum Gasteiger partial charge on any atom is -0.417 e. The Bertz CT molecular complexity index is 1440. The van der Waals surface area contributed by atoms with Gasteiger partial charge in [0.25, 0.3) is 24.1 Å². The first kappa shape index (κ1) is 22.8. The largest absolute Gasteiger partial charge is 0.417 e. The molecule has 9 nitrogen and oxygen atoms in total. The second-order valence-electron chi connectivity index (χ2n) is 8.73. The Labute approximate surface area is 207 Å². The van der Waals surface area contributed by atoms with Gasteiger partial charge in [-0.1, -0.05) is 0 Å². The number of rotatable bonds is 4. The molecule has 0 saturated heterocycles. The van der Waals surface area contributed by atoms with E-state index in [0.29, 0.717) is 42.6 Å². The minimum atomic E-state index is -2.73. The molecule has 6 rings (SSSR count). The maximum Gasteiger partial charge on any atom is 0.261 e. The number of hydrogen-bond acceptors (Lipinski definition) is 6. The number of nitrogens with one attached hydrogen (secondary N) is 2. The molecule has 0 fully saturated rings. The highest BCUT2D eigenvalue weighted by molar-refractivity contribution is 6.28. The predicted molar refractivity (Wildman–Crippen MR) is 120 cm³/mol. The molecule has 0 saturated carbocycles. The van der Waals surface area contributed by atoms with E-state index < -0.39 is 30.6 Å². The summed E-state index contributed by atoms with van der Waals surface area (Å²) in [6, 6.07) is 0. The highest BCUT2D eigenvalue weighted by Gasteiger charge is 2.35. The van der Waals surface area contributed by atoms with E-state index in [1.165, 1.54) is 6.20 Å². The molecule has 2 N–H and O–H groups in total. The van der Waals surface area contributed by atoms with E-state index in [-0.39, 0.29) is 46.9 Å². The summed E-state index contributed by atoms with van der Waals surface area (Å²) in [5.74, 6) is -2.58. The first-order valence-corrected chi connectivity index (χ1v) is 11.7. The summed E-state index contributed by atoms with van der Waals surface area (Å²) in [5, 5.41) is 2.58. The number of carbonyl (C=O) groups excluding carboxylic acids is 2. The van der Waals surface area contributed by atoms with Crippen molar-refractivity contribution in [1.29, 1.82) is 0 Å². The van der Waals surface area contributed by atoms with E-state index in [2.05, 4.69) is 25.3 Å². The number of fused-ring (bicyclic) bond motifs is 6. The van der Waals surface area contributed by atoms with Crippen molar-refractivity contribution in [3.05, 3.63) is 50.9 Å². The summed E-state index contributed by atoms with van der Waals surface area (Å²) >= 11 is 6.01. The maximum absolute atomic E-state index is 15.9. The molecular weight excluding hydrogens is 501 g/mol. The average molecular weight is 519 g/mol. The van der Waals surface area contributed by atoms with Crippen LogP contribution in [0.3, 0.4) is 0 Å². The first-order valence-electron chi connectivity index (χ1n) is 11.3. The Morgan fingerprint density at radius 1 is 1.08 bits per heavy atom. The minimum absolute atomic E-state index is 0.0300. The summed E-state index contributed by atoms with van der Waals surface area (Å²) in [6.07, 6.45) is 0.521. The van der Waals surface area contributed by atoms with Gasteiger partial charge in [-0.05, 0) is 35.6 Å². The summed E-state index contributed by atoms with van der Waals surface area (Å²) < 4.78 is 47.5. The van der Waals surface area contributed by atoms with E-state index >= 15 is 4.39 Å². The Hall–Kier alpha value is -3.67. The van der Waals surface area contributed by atoms with E-state index in [9.17, 15) is 18.4 Å². The lowest BCUT2D eigenvalue weighted by molar-refractivity contribution is 0.0531. The zero-order valence-electron chi connectivity index (χ0n) is 18.6. The maximum atomic E-state index is 15.9. The van der Waals surface area contributed by atoms with Gasteiger partial charge in [0.05, 0.1) is 23.5 Å². The highest BCUT2D eigenvalue weighted by atomic mass is 35.5. The molecule has 0 spiro atoms. The fraction of sp³-hybridized carbons (Fsp3) is 0.348. The molecule has 3 aromatic rings. The normalized spacial score (nSPS) is 16.3.